The zero-order chi connectivity index (χ0) is 27.1. The quantitative estimate of drug-likeness (QED) is 0.416. The summed E-state index contributed by atoms with van der Waals surface area (Å²) in [6.07, 6.45) is 5.39. The van der Waals surface area contributed by atoms with E-state index in [4.69, 9.17) is 0 Å². The maximum absolute atomic E-state index is 14.8. The van der Waals surface area contributed by atoms with Crippen LogP contribution in [0.3, 0.4) is 0 Å². The second-order valence-corrected chi connectivity index (χ2v) is 15.7. The van der Waals surface area contributed by atoms with E-state index < -0.39 is 19.7 Å². The van der Waals surface area contributed by atoms with Crippen molar-refractivity contribution in [1.29, 1.82) is 0 Å². The summed E-state index contributed by atoms with van der Waals surface area (Å²) in [6.45, 7) is 11.6. The molecule has 0 bridgehead atoms. The normalized spacial score (nSPS) is 16.2. The highest BCUT2D eigenvalue weighted by atomic mass is 28.4. The van der Waals surface area contributed by atoms with Gasteiger partial charge >= 0.3 is 0 Å². The molecular formula is C29H36FN3O3Si. The van der Waals surface area contributed by atoms with Crippen molar-refractivity contribution in [2.45, 2.75) is 71.5 Å². The zero-order valence-electron chi connectivity index (χ0n) is 22.5. The van der Waals surface area contributed by atoms with Gasteiger partial charge in [-0.1, -0.05) is 39.0 Å². The standard InChI is InChI=1S/C29H36FN3O3Si/c1-7-19-17-31-33(28(35)27(19)23(30)8-2)25-11-9-10-20-21-12-13-26(34)32-24(21)15-18(14-22(20)25)16-29(3,4)37(5,6)36/h8-13,17-18,36H,7,14-16H2,1-6H3,(H,32,34)/b23-8+. The summed E-state index contributed by atoms with van der Waals surface area (Å²) < 4.78 is 16.1. The predicted octanol–water partition coefficient (Wildman–Crippen LogP) is 5.56. The molecule has 0 saturated carbocycles. The van der Waals surface area contributed by atoms with Gasteiger partial charge in [-0.05, 0) is 85.5 Å². The van der Waals surface area contributed by atoms with Gasteiger partial charge in [0, 0.05) is 17.3 Å². The lowest BCUT2D eigenvalue weighted by molar-refractivity contribution is 0.369. The van der Waals surface area contributed by atoms with Crippen molar-refractivity contribution in [3.63, 3.8) is 0 Å². The molecule has 1 atom stereocenters. The number of pyridine rings is 1. The fraction of sp³-hybridized carbons (Fsp3) is 0.414. The molecule has 1 aliphatic rings. The molecule has 8 heteroatoms. The van der Waals surface area contributed by atoms with Crippen LogP contribution < -0.4 is 11.1 Å². The van der Waals surface area contributed by atoms with Gasteiger partial charge in [0.25, 0.3) is 5.56 Å². The van der Waals surface area contributed by atoms with Gasteiger partial charge in [-0.3, -0.25) is 9.59 Å². The number of hydrogen-bond acceptors (Lipinski definition) is 4. The lowest BCUT2D eigenvalue weighted by atomic mass is 9.87. The lowest BCUT2D eigenvalue weighted by Gasteiger charge is -2.38. The topological polar surface area (TPSA) is 88.0 Å². The van der Waals surface area contributed by atoms with Crippen LogP contribution in [-0.4, -0.2) is 27.9 Å². The summed E-state index contributed by atoms with van der Waals surface area (Å²) in [5.41, 5.74) is 4.18. The SMILES string of the molecule is C/C=C(/F)c1c(CC)cnn(-c2cccc3c2CC(CC(C)(C)[Si](C)(C)O)Cc2[nH]c(=O)ccc2-3)c1=O. The largest absolute Gasteiger partial charge is 0.432 e. The summed E-state index contributed by atoms with van der Waals surface area (Å²) in [5.74, 6) is -0.455. The molecule has 1 unspecified atom stereocenters. The molecule has 37 heavy (non-hydrogen) atoms. The van der Waals surface area contributed by atoms with E-state index in [1.807, 2.05) is 44.3 Å². The van der Waals surface area contributed by atoms with E-state index in [2.05, 4.69) is 23.9 Å². The van der Waals surface area contributed by atoms with E-state index >= 15 is 0 Å². The number of rotatable bonds is 6. The van der Waals surface area contributed by atoms with Gasteiger partial charge in [-0.15, -0.1) is 0 Å². The van der Waals surface area contributed by atoms with Crippen LogP contribution >= 0.6 is 0 Å². The van der Waals surface area contributed by atoms with Crippen molar-refractivity contribution in [3.05, 3.63) is 85.7 Å². The third kappa shape index (κ3) is 5.05. The van der Waals surface area contributed by atoms with Gasteiger partial charge in [0.15, 0.2) is 8.32 Å². The average Bonchev–Trinajstić information content (AvgIpc) is 2.97. The fourth-order valence-corrected chi connectivity index (χ4v) is 6.05. The van der Waals surface area contributed by atoms with Crippen LogP contribution in [0.4, 0.5) is 4.39 Å². The highest BCUT2D eigenvalue weighted by molar-refractivity contribution is 6.72. The van der Waals surface area contributed by atoms with Crippen molar-refractivity contribution in [3.8, 4) is 16.8 Å². The lowest BCUT2D eigenvalue weighted by Crippen LogP contribution is -2.40. The van der Waals surface area contributed by atoms with E-state index in [-0.39, 0.29) is 22.1 Å². The van der Waals surface area contributed by atoms with Crippen LogP contribution in [-0.2, 0) is 19.3 Å². The predicted molar refractivity (Wildman–Crippen MR) is 149 cm³/mol. The van der Waals surface area contributed by atoms with Crippen molar-refractivity contribution in [2.75, 3.05) is 0 Å². The molecule has 1 aliphatic carbocycles. The first-order valence-corrected chi connectivity index (χ1v) is 15.8. The molecule has 0 spiro atoms. The van der Waals surface area contributed by atoms with Crippen LogP contribution in [0.1, 0.15) is 56.5 Å². The number of hydrogen-bond donors (Lipinski definition) is 2. The third-order valence-corrected chi connectivity index (χ3v) is 11.6. The Balaban J connectivity index is 1.96. The minimum absolute atomic E-state index is 0.0432. The number of H-pyrrole nitrogens is 1. The highest BCUT2D eigenvalue weighted by Crippen LogP contribution is 2.45. The number of halogens is 1. The van der Waals surface area contributed by atoms with E-state index in [0.29, 0.717) is 30.5 Å². The Morgan fingerprint density at radius 2 is 1.95 bits per heavy atom. The molecule has 0 amide bonds. The first-order valence-electron chi connectivity index (χ1n) is 12.9. The number of allylic oxidation sites excluding steroid dienone is 1. The monoisotopic (exact) mass is 521 g/mol. The molecule has 0 aliphatic heterocycles. The average molecular weight is 522 g/mol. The van der Waals surface area contributed by atoms with Gasteiger partial charge in [0.05, 0.1) is 17.4 Å². The Labute approximate surface area is 218 Å². The summed E-state index contributed by atoms with van der Waals surface area (Å²) in [5, 5.41) is 4.19. The van der Waals surface area contributed by atoms with E-state index in [1.54, 1.807) is 13.1 Å². The first kappa shape index (κ1) is 26.9. The number of nitrogens with zero attached hydrogens (tertiary/aromatic N) is 2. The molecular weight excluding hydrogens is 485 g/mol. The maximum atomic E-state index is 14.8. The Morgan fingerprint density at radius 3 is 2.59 bits per heavy atom. The van der Waals surface area contributed by atoms with Crippen molar-refractivity contribution >= 4 is 14.1 Å². The number of nitrogens with one attached hydrogen (secondary N) is 1. The molecule has 0 saturated heterocycles. The van der Waals surface area contributed by atoms with Gasteiger partial charge in [0.2, 0.25) is 5.56 Å². The van der Waals surface area contributed by atoms with Crippen LogP contribution in [0.25, 0.3) is 22.6 Å². The highest BCUT2D eigenvalue weighted by Gasteiger charge is 2.40. The van der Waals surface area contributed by atoms with Gasteiger partial charge in [-0.2, -0.15) is 9.78 Å². The second kappa shape index (κ2) is 9.98. The van der Waals surface area contributed by atoms with Crippen LogP contribution in [0.15, 0.2) is 52.2 Å². The summed E-state index contributed by atoms with van der Waals surface area (Å²) in [7, 11) is -2.49. The molecule has 196 valence electrons. The number of aromatic amines is 1. The maximum Gasteiger partial charge on any atom is 0.282 e. The first-order chi connectivity index (χ1) is 17.4. The zero-order valence-corrected chi connectivity index (χ0v) is 23.5. The Kier molecular flexibility index (Phi) is 7.27. The van der Waals surface area contributed by atoms with Crippen LogP contribution in [0.2, 0.25) is 18.1 Å². The van der Waals surface area contributed by atoms with E-state index in [9.17, 15) is 18.8 Å². The van der Waals surface area contributed by atoms with Crippen molar-refractivity contribution in [2.24, 2.45) is 5.92 Å². The van der Waals surface area contributed by atoms with Crippen LogP contribution in [0.5, 0.6) is 0 Å². The number of benzene rings is 1. The molecule has 2 N–H and O–H groups in total. The Morgan fingerprint density at radius 1 is 1.22 bits per heavy atom. The minimum Gasteiger partial charge on any atom is -0.432 e. The Hall–Kier alpha value is -3.10. The van der Waals surface area contributed by atoms with E-state index in [0.717, 1.165) is 28.8 Å². The summed E-state index contributed by atoms with van der Waals surface area (Å²) in [6, 6.07) is 9.05. The van der Waals surface area contributed by atoms with Crippen LogP contribution in [0, 0.1) is 5.92 Å². The molecule has 4 rings (SSSR count). The Bertz CT molecular complexity index is 1480. The number of fused-ring (bicyclic) bond motifs is 3. The number of aromatic nitrogens is 3. The molecule has 0 radical (unpaired) electrons. The molecule has 0 fully saturated rings. The molecule has 6 nitrogen and oxygen atoms in total. The minimum atomic E-state index is -2.49. The number of aryl methyl sites for hydroxylation is 1. The molecule has 2 heterocycles. The smallest absolute Gasteiger partial charge is 0.282 e. The third-order valence-electron chi connectivity index (χ3n) is 8.04. The van der Waals surface area contributed by atoms with Crippen molar-refractivity contribution < 1.29 is 9.19 Å². The summed E-state index contributed by atoms with van der Waals surface area (Å²) >= 11 is 0. The van der Waals surface area contributed by atoms with Gasteiger partial charge < -0.3 is 9.78 Å². The van der Waals surface area contributed by atoms with Gasteiger partial charge in [0.1, 0.15) is 5.83 Å². The van der Waals surface area contributed by atoms with E-state index in [1.165, 1.54) is 16.8 Å². The molecule has 3 aromatic rings. The van der Waals surface area contributed by atoms with Crippen molar-refractivity contribution in [1.82, 2.24) is 14.8 Å². The fourth-order valence-electron chi connectivity index (χ4n) is 5.26. The second-order valence-electron chi connectivity index (χ2n) is 11.2. The summed E-state index contributed by atoms with van der Waals surface area (Å²) in [4.78, 5) is 39.9. The molecule has 2 aromatic heterocycles. The molecule has 1 aromatic carbocycles. The van der Waals surface area contributed by atoms with Gasteiger partial charge in [-0.25, -0.2) is 4.39 Å².